The Morgan fingerprint density at radius 3 is 2.95 bits per heavy atom. The largest absolute Gasteiger partial charge is 0.347 e. The Labute approximate surface area is 122 Å². The third-order valence-electron chi connectivity index (χ3n) is 3.73. The van der Waals surface area contributed by atoms with Crippen LogP contribution < -0.4 is 5.32 Å². The lowest BCUT2D eigenvalue weighted by atomic mass is 10.1. The topological polar surface area (TPSA) is 59.8 Å². The highest BCUT2D eigenvalue weighted by Crippen LogP contribution is 2.47. The van der Waals surface area contributed by atoms with E-state index in [2.05, 4.69) is 15.3 Å². The molecule has 1 amide bonds. The van der Waals surface area contributed by atoms with Crippen LogP contribution in [0.1, 0.15) is 36.5 Å². The molecule has 0 aromatic carbocycles. The molecule has 2 aromatic rings. The summed E-state index contributed by atoms with van der Waals surface area (Å²) in [6.45, 7) is 4.67. The van der Waals surface area contributed by atoms with Crippen LogP contribution in [0.3, 0.4) is 0 Å². The average Bonchev–Trinajstić information content (AvgIpc) is 2.83. The van der Waals surface area contributed by atoms with E-state index in [1.165, 1.54) is 0 Å². The molecule has 20 heavy (non-hydrogen) atoms. The number of aromatic nitrogens is 3. The highest BCUT2D eigenvalue weighted by atomic mass is 32.1. The smallest absolute Gasteiger partial charge is 0.228 e. The first kappa shape index (κ1) is 13.3. The molecule has 106 valence electrons. The minimum atomic E-state index is -0.249. The molecule has 1 saturated carbocycles. The van der Waals surface area contributed by atoms with Gasteiger partial charge in [0.05, 0.1) is 17.8 Å². The predicted octanol–water partition coefficient (Wildman–Crippen LogP) is 2.31. The number of carbonyl (C=O) groups excluding carboxylic acids is 1. The molecule has 1 aliphatic rings. The first-order valence-electron chi connectivity index (χ1n) is 6.78. The Morgan fingerprint density at radius 2 is 2.40 bits per heavy atom. The summed E-state index contributed by atoms with van der Waals surface area (Å²) in [5.41, 5.74) is 0.756. The first-order valence-corrected chi connectivity index (χ1v) is 7.66. The quantitative estimate of drug-likeness (QED) is 0.919. The number of imidazole rings is 1. The summed E-state index contributed by atoms with van der Waals surface area (Å²) in [7, 11) is 0. The van der Waals surface area contributed by atoms with Crippen molar-refractivity contribution >= 4 is 17.2 Å². The van der Waals surface area contributed by atoms with E-state index in [9.17, 15) is 4.79 Å². The fraction of sp³-hybridized carbons (Fsp3) is 0.500. The van der Waals surface area contributed by atoms with E-state index in [4.69, 9.17) is 0 Å². The van der Waals surface area contributed by atoms with Gasteiger partial charge in [0.1, 0.15) is 5.01 Å². The monoisotopic (exact) mass is 290 g/mol. The second-order valence-corrected chi connectivity index (χ2v) is 6.43. The summed E-state index contributed by atoms with van der Waals surface area (Å²) < 4.78 is 1.98. The van der Waals surface area contributed by atoms with Gasteiger partial charge in [0.25, 0.3) is 0 Å². The molecule has 2 aromatic heterocycles. The van der Waals surface area contributed by atoms with E-state index in [-0.39, 0.29) is 17.4 Å². The lowest BCUT2D eigenvalue weighted by Crippen LogP contribution is -2.36. The van der Waals surface area contributed by atoms with Gasteiger partial charge in [-0.1, -0.05) is 0 Å². The van der Waals surface area contributed by atoms with Crippen LogP contribution in [0, 0.1) is 12.3 Å². The van der Waals surface area contributed by atoms with Crippen molar-refractivity contribution in [3.8, 4) is 0 Å². The fourth-order valence-corrected chi connectivity index (χ4v) is 3.12. The lowest BCUT2D eigenvalue weighted by molar-refractivity contribution is -0.127. The number of hydrogen-bond acceptors (Lipinski definition) is 4. The van der Waals surface area contributed by atoms with Crippen molar-refractivity contribution in [2.45, 2.75) is 39.3 Å². The highest BCUT2D eigenvalue weighted by Gasteiger charge is 2.50. The van der Waals surface area contributed by atoms with Crippen LogP contribution in [0.5, 0.6) is 0 Å². The van der Waals surface area contributed by atoms with Crippen molar-refractivity contribution in [1.29, 1.82) is 0 Å². The van der Waals surface area contributed by atoms with Crippen LogP contribution >= 0.6 is 11.3 Å². The fourth-order valence-electron chi connectivity index (χ4n) is 2.32. The van der Waals surface area contributed by atoms with E-state index < -0.39 is 0 Å². The van der Waals surface area contributed by atoms with Crippen LogP contribution in [-0.2, 0) is 11.3 Å². The van der Waals surface area contributed by atoms with Crippen LogP contribution in [0.4, 0.5) is 0 Å². The molecule has 0 radical (unpaired) electrons. The Bertz CT molecular complexity index is 600. The van der Waals surface area contributed by atoms with Crippen molar-refractivity contribution in [1.82, 2.24) is 19.9 Å². The molecule has 1 fully saturated rings. The van der Waals surface area contributed by atoms with Gasteiger partial charge < -0.3 is 9.88 Å². The standard InChI is InChI=1S/C14H18N4OS/c1-10-7-20-12(16-10)11(2)17-13(19)14(3-4-14)8-18-6-5-15-9-18/h5-7,9,11H,3-4,8H2,1-2H3,(H,17,19)/t11-/m0/s1. The van der Waals surface area contributed by atoms with E-state index in [0.29, 0.717) is 6.54 Å². The maximum Gasteiger partial charge on any atom is 0.228 e. The van der Waals surface area contributed by atoms with Crippen LogP contribution in [0.2, 0.25) is 0 Å². The molecule has 0 saturated heterocycles. The van der Waals surface area contributed by atoms with Gasteiger partial charge >= 0.3 is 0 Å². The number of amides is 1. The molecule has 1 N–H and O–H groups in total. The predicted molar refractivity (Wildman–Crippen MR) is 77.3 cm³/mol. The van der Waals surface area contributed by atoms with Gasteiger partial charge in [-0.3, -0.25) is 4.79 Å². The molecule has 0 unspecified atom stereocenters. The minimum absolute atomic E-state index is 0.0264. The van der Waals surface area contributed by atoms with Crippen LogP contribution in [0.25, 0.3) is 0 Å². The zero-order chi connectivity index (χ0) is 14.2. The molecular formula is C14H18N4OS. The number of nitrogens with one attached hydrogen (secondary N) is 1. The summed E-state index contributed by atoms with van der Waals surface area (Å²) in [5.74, 6) is 0.131. The number of thiazole rings is 1. The summed E-state index contributed by atoms with van der Waals surface area (Å²) in [5, 5.41) is 6.08. The minimum Gasteiger partial charge on any atom is -0.347 e. The van der Waals surface area contributed by atoms with Gasteiger partial charge in [0.2, 0.25) is 5.91 Å². The van der Waals surface area contributed by atoms with E-state index in [1.54, 1.807) is 23.9 Å². The Hall–Kier alpha value is -1.69. The maximum atomic E-state index is 12.5. The third kappa shape index (κ3) is 2.60. The van der Waals surface area contributed by atoms with Crippen molar-refractivity contribution in [3.05, 3.63) is 34.8 Å². The molecule has 0 spiro atoms. The average molecular weight is 290 g/mol. The molecule has 1 aliphatic carbocycles. The highest BCUT2D eigenvalue weighted by molar-refractivity contribution is 7.09. The number of rotatable bonds is 5. The molecule has 3 rings (SSSR count). The number of hydrogen-bond donors (Lipinski definition) is 1. The van der Waals surface area contributed by atoms with E-state index in [0.717, 1.165) is 23.5 Å². The summed E-state index contributed by atoms with van der Waals surface area (Å²) in [4.78, 5) is 20.9. The summed E-state index contributed by atoms with van der Waals surface area (Å²) in [6.07, 6.45) is 7.30. The number of carbonyl (C=O) groups is 1. The summed E-state index contributed by atoms with van der Waals surface area (Å²) in [6, 6.07) is -0.0264. The Kier molecular flexibility index (Phi) is 3.33. The number of nitrogens with zero attached hydrogens (tertiary/aromatic N) is 3. The van der Waals surface area contributed by atoms with Crippen LogP contribution in [-0.4, -0.2) is 20.4 Å². The Balaban J connectivity index is 1.64. The lowest BCUT2D eigenvalue weighted by Gasteiger charge is -2.18. The van der Waals surface area contributed by atoms with Gasteiger partial charge in [-0.05, 0) is 26.7 Å². The second kappa shape index (κ2) is 5.01. The molecular weight excluding hydrogens is 272 g/mol. The van der Waals surface area contributed by atoms with E-state index in [1.807, 2.05) is 30.0 Å². The SMILES string of the molecule is Cc1csc([C@H](C)NC(=O)C2(Cn3ccnc3)CC2)n1. The zero-order valence-electron chi connectivity index (χ0n) is 11.7. The van der Waals surface area contributed by atoms with Gasteiger partial charge in [0, 0.05) is 30.0 Å². The van der Waals surface area contributed by atoms with Gasteiger partial charge in [0.15, 0.2) is 0 Å². The Morgan fingerprint density at radius 1 is 1.60 bits per heavy atom. The van der Waals surface area contributed by atoms with Crippen molar-refractivity contribution in [2.75, 3.05) is 0 Å². The molecule has 0 bridgehead atoms. The van der Waals surface area contributed by atoms with E-state index >= 15 is 0 Å². The van der Waals surface area contributed by atoms with Crippen molar-refractivity contribution in [2.24, 2.45) is 5.41 Å². The van der Waals surface area contributed by atoms with Crippen molar-refractivity contribution < 1.29 is 4.79 Å². The molecule has 1 atom stereocenters. The van der Waals surface area contributed by atoms with Gasteiger partial charge in [-0.25, -0.2) is 9.97 Å². The second-order valence-electron chi connectivity index (χ2n) is 5.54. The maximum absolute atomic E-state index is 12.5. The molecule has 6 heteroatoms. The van der Waals surface area contributed by atoms with Crippen molar-refractivity contribution in [3.63, 3.8) is 0 Å². The summed E-state index contributed by atoms with van der Waals surface area (Å²) >= 11 is 1.59. The molecule has 5 nitrogen and oxygen atoms in total. The zero-order valence-corrected chi connectivity index (χ0v) is 12.5. The normalized spacial score (nSPS) is 17.7. The van der Waals surface area contributed by atoms with Gasteiger partial charge in [-0.2, -0.15) is 0 Å². The number of aryl methyl sites for hydroxylation is 1. The molecule has 2 heterocycles. The third-order valence-corrected chi connectivity index (χ3v) is 4.88. The first-order chi connectivity index (χ1) is 9.59. The van der Waals surface area contributed by atoms with Crippen LogP contribution in [0.15, 0.2) is 24.1 Å². The molecule has 0 aliphatic heterocycles. The van der Waals surface area contributed by atoms with Gasteiger partial charge in [-0.15, -0.1) is 11.3 Å².